The third kappa shape index (κ3) is 5.28. The number of aliphatic carboxylic acids is 1. The summed E-state index contributed by atoms with van der Waals surface area (Å²) in [6, 6.07) is 0.367. The van der Waals surface area contributed by atoms with Gasteiger partial charge in [-0.3, -0.25) is 9.69 Å². The molecule has 6 nitrogen and oxygen atoms in total. The number of rotatable bonds is 7. The second-order valence-electron chi connectivity index (χ2n) is 6.50. The molecule has 0 aromatic heterocycles. The SMILES string of the molecule is CC1(OCC(=O)O)CN(CCC(=O)NC2CCCCC2)C1. The van der Waals surface area contributed by atoms with Crippen LogP contribution in [0.25, 0.3) is 0 Å². The molecule has 0 spiro atoms. The molecule has 0 bridgehead atoms. The average molecular weight is 298 g/mol. The summed E-state index contributed by atoms with van der Waals surface area (Å²) in [4.78, 5) is 24.5. The fourth-order valence-electron chi connectivity index (χ4n) is 3.19. The first-order chi connectivity index (χ1) is 9.97. The Morgan fingerprint density at radius 2 is 1.95 bits per heavy atom. The van der Waals surface area contributed by atoms with Crippen molar-refractivity contribution in [3.05, 3.63) is 0 Å². The van der Waals surface area contributed by atoms with E-state index in [1.165, 1.54) is 19.3 Å². The predicted molar refractivity (Wildman–Crippen MR) is 78.1 cm³/mol. The maximum atomic E-state index is 11.9. The Hall–Kier alpha value is -1.14. The molecule has 1 saturated carbocycles. The summed E-state index contributed by atoms with van der Waals surface area (Å²) in [6.07, 6.45) is 6.44. The molecule has 2 aliphatic rings. The van der Waals surface area contributed by atoms with E-state index in [0.717, 1.165) is 12.8 Å². The Balaban J connectivity index is 1.57. The van der Waals surface area contributed by atoms with Crippen molar-refractivity contribution in [3.8, 4) is 0 Å². The molecule has 0 aromatic rings. The minimum absolute atomic E-state index is 0.127. The summed E-state index contributed by atoms with van der Waals surface area (Å²) in [5.41, 5.74) is -0.377. The van der Waals surface area contributed by atoms with Crippen LogP contribution in [-0.2, 0) is 14.3 Å². The quantitative estimate of drug-likeness (QED) is 0.733. The number of hydrogen-bond donors (Lipinski definition) is 2. The number of hydrogen-bond acceptors (Lipinski definition) is 4. The second kappa shape index (κ2) is 7.22. The largest absolute Gasteiger partial charge is 0.480 e. The molecule has 0 atom stereocenters. The number of carboxylic acids is 1. The molecule has 1 heterocycles. The number of ether oxygens (including phenoxy) is 1. The lowest BCUT2D eigenvalue weighted by Crippen LogP contribution is -2.62. The highest BCUT2D eigenvalue weighted by atomic mass is 16.5. The topological polar surface area (TPSA) is 78.9 Å². The van der Waals surface area contributed by atoms with Crippen LogP contribution in [0.15, 0.2) is 0 Å². The molecule has 0 aromatic carbocycles. The second-order valence-corrected chi connectivity index (χ2v) is 6.50. The molecular weight excluding hydrogens is 272 g/mol. The average Bonchev–Trinajstić information content (AvgIpc) is 2.41. The molecular formula is C15H26N2O4. The van der Waals surface area contributed by atoms with Crippen molar-refractivity contribution in [2.75, 3.05) is 26.2 Å². The number of likely N-dealkylation sites (tertiary alicyclic amines) is 1. The molecule has 6 heteroatoms. The summed E-state index contributed by atoms with van der Waals surface area (Å²) in [6.45, 7) is 3.75. The Kier molecular flexibility index (Phi) is 5.58. The summed E-state index contributed by atoms with van der Waals surface area (Å²) in [5.74, 6) is -0.816. The lowest BCUT2D eigenvalue weighted by atomic mass is 9.95. The van der Waals surface area contributed by atoms with E-state index in [1.54, 1.807) is 0 Å². The Labute approximate surface area is 125 Å². The van der Waals surface area contributed by atoms with Gasteiger partial charge in [-0.15, -0.1) is 0 Å². The van der Waals surface area contributed by atoms with Crippen molar-refractivity contribution >= 4 is 11.9 Å². The highest BCUT2D eigenvalue weighted by molar-refractivity contribution is 5.76. The number of nitrogens with zero attached hydrogens (tertiary/aromatic N) is 1. The van der Waals surface area contributed by atoms with Crippen LogP contribution in [0.3, 0.4) is 0 Å². The van der Waals surface area contributed by atoms with Crippen LogP contribution in [0.2, 0.25) is 0 Å². The molecule has 1 saturated heterocycles. The molecule has 1 aliphatic heterocycles. The van der Waals surface area contributed by atoms with Gasteiger partial charge in [0, 0.05) is 32.1 Å². The first kappa shape index (κ1) is 16.2. The van der Waals surface area contributed by atoms with Gasteiger partial charge in [-0.05, 0) is 19.8 Å². The van der Waals surface area contributed by atoms with Crippen LogP contribution < -0.4 is 5.32 Å². The van der Waals surface area contributed by atoms with Crippen LogP contribution in [0.4, 0.5) is 0 Å². The van der Waals surface area contributed by atoms with Gasteiger partial charge < -0.3 is 15.2 Å². The standard InChI is InChI=1S/C15H26N2O4/c1-15(21-9-14(19)20)10-17(11-15)8-7-13(18)16-12-5-3-2-4-6-12/h12H,2-11H2,1H3,(H,16,18)(H,19,20). The molecule has 1 aliphatic carbocycles. The molecule has 2 N–H and O–H groups in total. The van der Waals surface area contributed by atoms with Gasteiger partial charge in [0.2, 0.25) is 5.91 Å². The van der Waals surface area contributed by atoms with Crippen molar-refractivity contribution in [3.63, 3.8) is 0 Å². The van der Waals surface area contributed by atoms with Gasteiger partial charge in [-0.25, -0.2) is 4.79 Å². The van der Waals surface area contributed by atoms with E-state index in [-0.39, 0.29) is 18.1 Å². The maximum absolute atomic E-state index is 11.9. The summed E-state index contributed by atoms with van der Waals surface area (Å²) >= 11 is 0. The number of amides is 1. The van der Waals surface area contributed by atoms with Crippen molar-refractivity contribution < 1.29 is 19.4 Å². The van der Waals surface area contributed by atoms with E-state index in [9.17, 15) is 9.59 Å². The fraction of sp³-hybridized carbons (Fsp3) is 0.867. The third-order valence-corrected chi connectivity index (χ3v) is 4.29. The van der Waals surface area contributed by atoms with Crippen LogP contribution in [0.1, 0.15) is 45.4 Å². The lowest BCUT2D eigenvalue weighted by molar-refractivity contribution is -0.164. The van der Waals surface area contributed by atoms with Gasteiger partial charge in [-0.1, -0.05) is 19.3 Å². The Morgan fingerprint density at radius 1 is 1.29 bits per heavy atom. The monoisotopic (exact) mass is 298 g/mol. The van der Waals surface area contributed by atoms with Crippen LogP contribution in [0, 0.1) is 0 Å². The Morgan fingerprint density at radius 3 is 2.57 bits per heavy atom. The number of carboxylic acid groups (broad SMARTS) is 1. The first-order valence-corrected chi connectivity index (χ1v) is 7.84. The maximum Gasteiger partial charge on any atom is 0.329 e. The number of nitrogens with one attached hydrogen (secondary N) is 1. The van der Waals surface area contributed by atoms with Gasteiger partial charge in [-0.2, -0.15) is 0 Å². The Bertz CT molecular complexity index is 374. The van der Waals surface area contributed by atoms with Crippen molar-refractivity contribution in [2.24, 2.45) is 0 Å². The third-order valence-electron chi connectivity index (χ3n) is 4.29. The predicted octanol–water partition coefficient (Wildman–Crippen LogP) is 1.00. The van der Waals surface area contributed by atoms with Crippen LogP contribution in [0.5, 0.6) is 0 Å². The van der Waals surface area contributed by atoms with Gasteiger partial charge in [0.15, 0.2) is 0 Å². The van der Waals surface area contributed by atoms with Crippen LogP contribution in [-0.4, -0.2) is 59.8 Å². The highest BCUT2D eigenvalue weighted by Crippen LogP contribution is 2.24. The summed E-state index contributed by atoms with van der Waals surface area (Å²) in [5, 5.41) is 11.7. The number of carbonyl (C=O) groups is 2. The van der Waals surface area contributed by atoms with Crippen molar-refractivity contribution in [1.29, 1.82) is 0 Å². The fourth-order valence-corrected chi connectivity index (χ4v) is 3.19. The zero-order valence-corrected chi connectivity index (χ0v) is 12.8. The minimum atomic E-state index is -0.943. The first-order valence-electron chi connectivity index (χ1n) is 7.84. The van der Waals surface area contributed by atoms with Gasteiger partial charge in [0.25, 0.3) is 0 Å². The lowest BCUT2D eigenvalue weighted by Gasteiger charge is -2.47. The molecule has 2 rings (SSSR count). The number of carbonyl (C=O) groups excluding carboxylic acids is 1. The van der Waals surface area contributed by atoms with Crippen molar-refractivity contribution in [1.82, 2.24) is 10.2 Å². The van der Waals surface area contributed by atoms with E-state index in [2.05, 4.69) is 10.2 Å². The summed E-state index contributed by atoms with van der Waals surface area (Å²) in [7, 11) is 0. The molecule has 120 valence electrons. The summed E-state index contributed by atoms with van der Waals surface area (Å²) < 4.78 is 5.34. The van der Waals surface area contributed by atoms with Gasteiger partial charge in [0.1, 0.15) is 6.61 Å². The van der Waals surface area contributed by atoms with E-state index in [0.29, 0.717) is 32.1 Å². The van der Waals surface area contributed by atoms with E-state index < -0.39 is 5.97 Å². The van der Waals surface area contributed by atoms with Crippen LogP contribution >= 0.6 is 0 Å². The highest BCUT2D eigenvalue weighted by Gasteiger charge is 2.39. The van der Waals surface area contributed by atoms with E-state index in [1.807, 2.05) is 6.92 Å². The molecule has 0 unspecified atom stereocenters. The molecule has 21 heavy (non-hydrogen) atoms. The molecule has 0 radical (unpaired) electrons. The zero-order valence-electron chi connectivity index (χ0n) is 12.8. The van der Waals surface area contributed by atoms with Gasteiger partial charge in [0.05, 0.1) is 5.60 Å². The van der Waals surface area contributed by atoms with Crippen molar-refractivity contribution in [2.45, 2.75) is 57.1 Å². The molecule has 1 amide bonds. The minimum Gasteiger partial charge on any atom is -0.480 e. The van der Waals surface area contributed by atoms with E-state index >= 15 is 0 Å². The normalized spacial score (nSPS) is 22.5. The zero-order chi connectivity index (χ0) is 15.3. The van der Waals surface area contributed by atoms with Gasteiger partial charge >= 0.3 is 5.97 Å². The smallest absolute Gasteiger partial charge is 0.329 e. The molecule has 2 fully saturated rings. The van der Waals surface area contributed by atoms with E-state index in [4.69, 9.17) is 9.84 Å².